The molecule has 0 atom stereocenters. The second-order valence-electron chi connectivity index (χ2n) is 5.87. The normalized spacial score (nSPS) is 13.7. The first-order chi connectivity index (χ1) is 12.5. The van der Waals surface area contributed by atoms with Crippen LogP contribution in [0.3, 0.4) is 0 Å². The maximum Gasteiger partial charge on any atom is 0.325 e. The molecular weight excluding hydrogens is 356 g/mol. The average Bonchev–Trinajstić information content (AvgIpc) is 3.01. The van der Waals surface area contributed by atoms with Crippen LogP contribution < -0.4 is 24.8 Å². The first-order valence-corrected chi connectivity index (χ1v) is 8.90. The first kappa shape index (κ1) is 18.3. The lowest BCUT2D eigenvalue weighted by molar-refractivity contribution is 0.262. The summed E-state index contributed by atoms with van der Waals surface area (Å²) in [6.45, 7) is 1.84. The quantitative estimate of drug-likeness (QED) is 0.832. The van der Waals surface area contributed by atoms with E-state index >= 15 is 0 Å². The summed E-state index contributed by atoms with van der Waals surface area (Å²) in [6.07, 6.45) is 0.901. The van der Waals surface area contributed by atoms with Gasteiger partial charge in [-0.25, -0.2) is 9.78 Å². The van der Waals surface area contributed by atoms with E-state index in [1.54, 1.807) is 12.1 Å². The number of urea groups is 1. The monoisotopic (exact) mass is 378 g/mol. The minimum Gasteiger partial charge on any atom is -0.493 e. The minimum absolute atomic E-state index is 0.376. The van der Waals surface area contributed by atoms with Crippen LogP contribution in [0.2, 0.25) is 0 Å². The van der Waals surface area contributed by atoms with Crippen LogP contribution in [0.4, 0.5) is 15.6 Å². The number of ether oxygens (including phenoxy) is 3. The molecule has 140 valence electrons. The summed E-state index contributed by atoms with van der Waals surface area (Å²) in [4.78, 5) is 20.3. The lowest BCUT2D eigenvalue weighted by Gasteiger charge is -2.20. The number of amides is 2. The van der Waals surface area contributed by atoms with Crippen molar-refractivity contribution < 1.29 is 19.0 Å². The number of benzene rings is 1. The number of hydrogen-bond donors (Lipinski definition) is 2. The number of carbonyl (C=O) groups excluding carboxylic acids is 1. The van der Waals surface area contributed by atoms with E-state index in [2.05, 4.69) is 27.6 Å². The van der Waals surface area contributed by atoms with Gasteiger partial charge in [-0.05, 0) is 7.05 Å². The SMILES string of the molecule is COc1cc(NC(=O)Nc2nc3c(s2)CN(C)CC3)cc(OC)c1OC. The number of anilines is 2. The molecule has 0 aliphatic carbocycles. The fourth-order valence-electron chi connectivity index (χ4n) is 2.79. The Bertz CT molecular complexity index is 783. The van der Waals surface area contributed by atoms with Crippen molar-refractivity contribution in [1.82, 2.24) is 9.88 Å². The van der Waals surface area contributed by atoms with Crippen LogP contribution in [-0.4, -0.2) is 50.8 Å². The molecule has 0 fully saturated rings. The first-order valence-electron chi connectivity index (χ1n) is 8.09. The van der Waals surface area contributed by atoms with Crippen molar-refractivity contribution in [1.29, 1.82) is 0 Å². The number of nitrogens with zero attached hydrogens (tertiary/aromatic N) is 2. The van der Waals surface area contributed by atoms with Gasteiger partial charge in [0.1, 0.15) is 0 Å². The van der Waals surface area contributed by atoms with Crippen LogP contribution >= 0.6 is 11.3 Å². The van der Waals surface area contributed by atoms with Gasteiger partial charge in [0.15, 0.2) is 16.6 Å². The molecule has 0 saturated heterocycles. The van der Waals surface area contributed by atoms with E-state index < -0.39 is 0 Å². The highest BCUT2D eigenvalue weighted by molar-refractivity contribution is 7.15. The summed E-state index contributed by atoms with van der Waals surface area (Å²) in [5, 5.41) is 6.16. The molecule has 26 heavy (non-hydrogen) atoms. The van der Waals surface area contributed by atoms with Crippen molar-refractivity contribution in [3.8, 4) is 17.2 Å². The van der Waals surface area contributed by atoms with E-state index in [1.165, 1.54) is 37.5 Å². The molecule has 8 nitrogen and oxygen atoms in total. The molecule has 9 heteroatoms. The van der Waals surface area contributed by atoms with Gasteiger partial charge in [-0.2, -0.15) is 0 Å². The van der Waals surface area contributed by atoms with Crippen LogP contribution in [0.1, 0.15) is 10.6 Å². The van der Waals surface area contributed by atoms with Crippen molar-refractivity contribution in [3.63, 3.8) is 0 Å². The Morgan fingerprint density at radius 3 is 2.46 bits per heavy atom. The maximum absolute atomic E-state index is 12.3. The maximum atomic E-state index is 12.3. The van der Waals surface area contributed by atoms with Crippen molar-refractivity contribution >= 4 is 28.2 Å². The van der Waals surface area contributed by atoms with Gasteiger partial charge in [0, 0.05) is 36.5 Å². The summed E-state index contributed by atoms with van der Waals surface area (Å²) < 4.78 is 15.9. The third kappa shape index (κ3) is 3.83. The van der Waals surface area contributed by atoms with Gasteiger partial charge in [-0.15, -0.1) is 11.3 Å². The number of carbonyl (C=O) groups is 1. The number of hydrogen-bond acceptors (Lipinski definition) is 7. The third-order valence-corrected chi connectivity index (χ3v) is 5.06. The number of likely N-dealkylation sites (N-methyl/N-ethyl adjacent to an activating group) is 1. The predicted octanol–water partition coefficient (Wildman–Crippen LogP) is 2.80. The second-order valence-corrected chi connectivity index (χ2v) is 6.95. The Labute approximate surface area is 156 Å². The number of fused-ring (bicyclic) bond motifs is 1. The van der Waals surface area contributed by atoms with Crippen molar-refractivity contribution in [3.05, 3.63) is 22.7 Å². The van der Waals surface area contributed by atoms with Crippen molar-refractivity contribution in [2.75, 3.05) is 45.6 Å². The Balaban J connectivity index is 1.72. The molecule has 0 unspecified atom stereocenters. The van der Waals surface area contributed by atoms with Gasteiger partial charge in [-0.1, -0.05) is 0 Å². The summed E-state index contributed by atoms with van der Waals surface area (Å²) >= 11 is 1.51. The highest BCUT2D eigenvalue weighted by atomic mass is 32.1. The molecule has 0 spiro atoms. The summed E-state index contributed by atoms with van der Waals surface area (Å²) in [5.41, 5.74) is 1.59. The van der Waals surface area contributed by atoms with Crippen LogP contribution in [0, 0.1) is 0 Å². The van der Waals surface area contributed by atoms with Crippen LogP contribution in [0.25, 0.3) is 0 Å². The van der Waals surface area contributed by atoms with E-state index in [4.69, 9.17) is 14.2 Å². The van der Waals surface area contributed by atoms with E-state index in [0.717, 1.165) is 25.2 Å². The number of thiazole rings is 1. The standard InChI is InChI=1S/C17H22N4O4S/c1-21-6-5-11-14(9-21)26-17(19-11)20-16(22)18-10-7-12(23-2)15(25-4)13(8-10)24-3/h7-8H,5-6,9H2,1-4H3,(H2,18,19,20,22). The summed E-state index contributed by atoms with van der Waals surface area (Å²) in [5.74, 6) is 1.41. The molecule has 2 heterocycles. The topological polar surface area (TPSA) is 85.0 Å². The van der Waals surface area contributed by atoms with E-state index in [-0.39, 0.29) is 6.03 Å². The lowest BCUT2D eigenvalue weighted by atomic mass is 10.2. The molecule has 1 aliphatic heterocycles. The Morgan fingerprint density at radius 1 is 1.15 bits per heavy atom. The molecule has 1 aromatic heterocycles. The second kappa shape index (κ2) is 7.79. The Morgan fingerprint density at radius 2 is 1.85 bits per heavy atom. The van der Waals surface area contributed by atoms with E-state index in [1.807, 2.05) is 0 Å². The molecule has 3 rings (SSSR count). The lowest BCUT2D eigenvalue weighted by Crippen LogP contribution is -2.25. The van der Waals surface area contributed by atoms with Gasteiger partial charge >= 0.3 is 6.03 Å². The Kier molecular flexibility index (Phi) is 5.48. The van der Waals surface area contributed by atoms with E-state index in [0.29, 0.717) is 28.1 Å². The molecule has 1 aromatic carbocycles. The molecule has 2 amide bonds. The van der Waals surface area contributed by atoms with Gasteiger partial charge < -0.3 is 24.4 Å². The molecule has 2 aromatic rings. The summed E-state index contributed by atoms with van der Waals surface area (Å²) in [6, 6.07) is 2.96. The van der Waals surface area contributed by atoms with Crippen LogP contribution in [0.15, 0.2) is 12.1 Å². The van der Waals surface area contributed by atoms with Crippen molar-refractivity contribution in [2.45, 2.75) is 13.0 Å². The predicted molar refractivity (Wildman–Crippen MR) is 101 cm³/mol. The molecule has 0 saturated carbocycles. The van der Waals surface area contributed by atoms with Crippen LogP contribution in [0.5, 0.6) is 17.2 Å². The smallest absolute Gasteiger partial charge is 0.325 e. The highest BCUT2D eigenvalue weighted by Gasteiger charge is 2.19. The molecule has 2 N–H and O–H groups in total. The number of aromatic nitrogens is 1. The van der Waals surface area contributed by atoms with Gasteiger partial charge in [-0.3, -0.25) is 5.32 Å². The molecular formula is C17H22N4O4S. The summed E-state index contributed by atoms with van der Waals surface area (Å²) in [7, 11) is 6.66. The van der Waals surface area contributed by atoms with Gasteiger partial charge in [0.2, 0.25) is 5.75 Å². The van der Waals surface area contributed by atoms with Crippen molar-refractivity contribution in [2.24, 2.45) is 0 Å². The van der Waals surface area contributed by atoms with Crippen LogP contribution in [-0.2, 0) is 13.0 Å². The molecule has 0 radical (unpaired) electrons. The number of methoxy groups -OCH3 is 3. The van der Waals surface area contributed by atoms with Gasteiger partial charge in [0.25, 0.3) is 0 Å². The van der Waals surface area contributed by atoms with Gasteiger partial charge in [0.05, 0.1) is 32.7 Å². The third-order valence-electron chi connectivity index (χ3n) is 4.07. The zero-order valence-corrected chi connectivity index (χ0v) is 16.0. The number of nitrogens with one attached hydrogen (secondary N) is 2. The zero-order valence-electron chi connectivity index (χ0n) is 15.2. The minimum atomic E-state index is -0.376. The fraction of sp³-hybridized carbons (Fsp3) is 0.412. The van der Waals surface area contributed by atoms with E-state index in [9.17, 15) is 4.79 Å². The fourth-order valence-corrected chi connectivity index (χ4v) is 3.87. The molecule has 1 aliphatic rings. The Hall–Kier alpha value is -2.52. The zero-order chi connectivity index (χ0) is 18.7. The number of rotatable bonds is 5. The largest absolute Gasteiger partial charge is 0.493 e. The average molecular weight is 378 g/mol. The molecule has 0 bridgehead atoms. The highest BCUT2D eigenvalue weighted by Crippen LogP contribution is 2.40.